The van der Waals surface area contributed by atoms with E-state index in [2.05, 4.69) is 22.5 Å². The Morgan fingerprint density at radius 1 is 1.00 bits per heavy atom. The fourth-order valence-corrected chi connectivity index (χ4v) is 1.29. The Morgan fingerprint density at radius 3 is 2.27 bits per heavy atom. The molecule has 2 rings (SSSR count). The van der Waals surface area contributed by atoms with Crippen LogP contribution in [0.4, 0.5) is 5.82 Å². The van der Waals surface area contributed by atoms with Gasteiger partial charge in [-0.05, 0) is 19.1 Å². The van der Waals surface area contributed by atoms with Crippen molar-refractivity contribution in [2.75, 3.05) is 5.43 Å². The van der Waals surface area contributed by atoms with E-state index in [-0.39, 0.29) is 0 Å². The van der Waals surface area contributed by atoms with Gasteiger partial charge in [0.2, 0.25) is 0 Å². The molecule has 0 saturated heterocycles. The first kappa shape index (κ1) is 9.61. The van der Waals surface area contributed by atoms with Crippen LogP contribution in [-0.4, -0.2) is 10.2 Å². The van der Waals surface area contributed by atoms with Crippen molar-refractivity contribution >= 4 is 5.82 Å². The van der Waals surface area contributed by atoms with E-state index in [4.69, 9.17) is 5.84 Å². The van der Waals surface area contributed by atoms with Crippen molar-refractivity contribution < 1.29 is 0 Å². The minimum atomic E-state index is 0.561. The molecule has 76 valence electrons. The first-order valence-corrected chi connectivity index (χ1v) is 4.67. The standard InChI is InChI=1S/C11H12N4/c1-8-2-4-9(5-3-8)10-6-7-11(13-12)15-14-10/h2-7H,12H2,1H3,(H,13,15). The van der Waals surface area contributed by atoms with Gasteiger partial charge in [-0.25, -0.2) is 5.84 Å². The molecule has 0 aliphatic rings. The minimum Gasteiger partial charge on any atom is -0.307 e. The Balaban J connectivity index is 2.33. The van der Waals surface area contributed by atoms with Crippen molar-refractivity contribution in [3.05, 3.63) is 42.0 Å². The summed E-state index contributed by atoms with van der Waals surface area (Å²) in [6, 6.07) is 11.8. The number of hydrazine groups is 1. The van der Waals surface area contributed by atoms with Gasteiger partial charge in [-0.1, -0.05) is 29.8 Å². The van der Waals surface area contributed by atoms with Gasteiger partial charge in [0.05, 0.1) is 5.69 Å². The van der Waals surface area contributed by atoms with Crippen LogP contribution in [0, 0.1) is 6.92 Å². The van der Waals surface area contributed by atoms with E-state index in [9.17, 15) is 0 Å². The molecule has 0 radical (unpaired) electrons. The Bertz CT molecular complexity index is 433. The molecule has 15 heavy (non-hydrogen) atoms. The third-order valence-corrected chi connectivity index (χ3v) is 2.16. The number of anilines is 1. The summed E-state index contributed by atoms with van der Waals surface area (Å²) in [5.41, 5.74) is 5.56. The number of aromatic nitrogens is 2. The number of benzene rings is 1. The zero-order valence-corrected chi connectivity index (χ0v) is 8.44. The van der Waals surface area contributed by atoms with Crippen LogP contribution in [0.15, 0.2) is 36.4 Å². The Morgan fingerprint density at radius 2 is 1.73 bits per heavy atom. The van der Waals surface area contributed by atoms with Gasteiger partial charge in [0.1, 0.15) is 0 Å². The number of nitrogens with zero attached hydrogens (tertiary/aromatic N) is 2. The van der Waals surface area contributed by atoms with E-state index in [0.29, 0.717) is 5.82 Å². The highest BCUT2D eigenvalue weighted by Gasteiger charge is 1.99. The van der Waals surface area contributed by atoms with Gasteiger partial charge in [0.25, 0.3) is 0 Å². The fourth-order valence-electron chi connectivity index (χ4n) is 1.29. The lowest BCUT2D eigenvalue weighted by Gasteiger charge is -2.01. The number of hydrogen-bond acceptors (Lipinski definition) is 4. The summed E-state index contributed by atoms with van der Waals surface area (Å²) < 4.78 is 0. The molecule has 0 bridgehead atoms. The Kier molecular flexibility index (Phi) is 2.60. The predicted octanol–water partition coefficient (Wildman–Crippen LogP) is 1.74. The molecular formula is C11H12N4. The van der Waals surface area contributed by atoms with Gasteiger partial charge in [-0.2, -0.15) is 0 Å². The first-order chi connectivity index (χ1) is 7.29. The summed E-state index contributed by atoms with van der Waals surface area (Å²) in [4.78, 5) is 0. The molecule has 0 aliphatic carbocycles. The highest BCUT2D eigenvalue weighted by Crippen LogP contribution is 2.17. The van der Waals surface area contributed by atoms with Crippen LogP contribution in [0.3, 0.4) is 0 Å². The Hall–Kier alpha value is -1.94. The average Bonchev–Trinajstić information content (AvgIpc) is 2.30. The molecule has 0 atom stereocenters. The molecule has 1 heterocycles. The van der Waals surface area contributed by atoms with E-state index in [1.807, 2.05) is 30.3 Å². The molecule has 4 heteroatoms. The van der Waals surface area contributed by atoms with Crippen LogP contribution in [0.5, 0.6) is 0 Å². The third kappa shape index (κ3) is 2.11. The van der Waals surface area contributed by atoms with Crippen LogP contribution in [0.1, 0.15) is 5.56 Å². The number of hydrogen-bond donors (Lipinski definition) is 2. The molecule has 4 nitrogen and oxygen atoms in total. The summed E-state index contributed by atoms with van der Waals surface area (Å²) in [5.74, 6) is 5.77. The fraction of sp³-hybridized carbons (Fsp3) is 0.0909. The maximum absolute atomic E-state index is 5.21. The molecule has 0 spiro atoms. The van der Waals surface area contributed by atoms with Crippen LogP contribution in [-0.2, 0) is 0 Å². The number of nitrogens with one attached hydrogen (secondary N) is 1. The second-order valence-electron chi connectivity index (χ2n) is 3.31. The van der Waals surface area contributed by atoms with Crippen molar-refractivity contribution in [1.82, 2.24) is 10.2 Å². The molecule has 0 saturated carbocycles. The quantitative estimate of drug-likeness (QED) is 0.572. The van der Waals surface area contributed by atoms with Gasteiger partial charge < -0.3 is 5.43 Å². The number of nitrogen functional groups attached to an aromatic ring is 1. The lowest BCUT2D eigenvalue weighted by molar-refractivity contribution is 1.03. The lowest BCUT2D eigenvalue weighted by Crippen LogP contribution is -2.08. The number of nitrogens with two attached hydrogens (primary N) is 1. The third-order valence-electron chi connectivity index (χ3n) is 2.16. The first-order valence-electron chi connectivity index (χ1n) is 4.67. The Labute approximate surface area is 88.1 Å². The molecule has 0 unspecified atom stereocenters. The molecule has 0 aliphatic heterocycles. The highest BCUT2D eigenvalue weighted by molar-refractivity contribution is 5.59. The summed E-state index contributed by atoms with van der Waals surface area (Å²) in [6.45, 7) is 2.05. The van der Waals surface area contributed by atoms with Crippen molar-refractivity contribution in [3.8, 4) is 11.3 Å². The lowest BCUT2D eigenvalue weighted by atomic mass is 10.1. The zero-order chi connectivity index (χ0) is 10.7. The molecule has 2 aromatic rings. The van der Waals surface area contributed by atoms with Gasteiger partial charge in [0, 0.05) is 5.56 Å². The molecular weight excluding hydrogens is 188 g/mol. The second kappa shape index (κ2) is 4.06. The largest absolute Gasteiger partial charge is 0.307 e. The van der Waals surface area contributed by atoms with Gasteiger partial charge >= 0.3 is 0 Å². The van der Waals surface area contributed by atoms with Crippen molar-refractivity contribution in [3.63, 3.8) is 0 Å². The van der Waals surface area contributed by atoms with E-state index in [1.54, 1.807) is 6.07 Å². The monoisotopic (exact) mass is 200 g/mol. The van der Waals surface area contributed by atoms with Gasteiger partial charge in [0.15, 0.2) is 5.82 Å². The van der Waals surface area contributed by atoms with Crippen LogP contribution >= 0.6 is 0 Å². The molecule has 0 fully saturated rings. The van der Waals surface area contributed by atoms with Crippen molar-refractivity contribution in [2.45, 2.75) is 6.92 Å². The van der Waals surface area contributed by atoms with Crippen LogP contribution < -0.4 is 11.3 Å². The minimum absolute atomic E-state index is 0.561. The predicted molar refractivity (Wildman–Crippen MR) is 60.0 cm³/mol. The summed E-state index contributed by atoms with van der Waals surface area (Å²) in [5, 5.41) is 7.97. The molecule has 3 N–H and O–H groups in total. The van der Waals surface area contributed by atoms with Gasteiger partial charge in [-0.3, -0.25) is 0 Å². The maximum atomic E-state index is 5.21. The summed E-state index contributed by atoms with van der Waals surface area (Å²) in [6.07, 6.45) is 0. The highest BCUT2D eigenvalue weighted by atomic mass is 15.3. The van der Waals surface area contributed by atoms with E-state index in [0.717, 1.165) is 11.3 Å². The number of aryl methyl sites for hydroxylation is 1. The smallest absolute Gasteiger partial charge is 0.162 e. The van der Waals surface area contributed by atoms with Gasteiger partial charge in [-0.15, -0.1) is 10.2 Å². The molecule has 1 aromatic heterocycles. The zero-order valence-electron chi connectivity index (χ0n) is 8.44. The van der Waals surface area contributed by atoms with Crippen molar-refractivity contribution in [1.29, 1.82) is 0 Å². The van der Waals surface area contributed by atoms with E-state index >= 15 is 0 Å². The van der Waals surface area contributed by atoms with E-state index in [1.165, 1.54) is 5.56 Å². The molecule has 1 aromatic carbocycles. The van der Waals surface area contributed by atoms with Crippen LogP contribution in [0.2, 0.25) is 0 Å². The second-order valence-corrected chi connectivity index (χ2v) is 3.31. The molecule has 0 amide bonds. The number of rotatable bonds is 2. The topological polar surface area (TPSA) is 63.8 Å². The average molecular weight is 200 g/mol. The summed E-state index contributed by atoms with van der Waals surface area (Å²) in [7, 11) is 0. The SMILES string of the molecule is Cc1ccc(-c2ccc(NN)nn2)cc1. The van der Waals surface area contributed by atoms with E-state index < -0.39 is 0 Å². The summed E-state index contributed by atoms with van der Waals surface area (Å²) >= 11 is 0. The normalized spacial score (nSPS) is 10.0. The van der Waals surface area contributed by atoms with Crippen LogP contribution in [0.25, 0.3) is 11.3 Å². The maximum Gasteiger partial charge on any atom is 0.162 e. The van der Waals surface area contributed by atoms with Crippen molar-refractivity contribution in [2.24, 2.45) is 5.84 Å².